The van der Waals surface area contributed by atoms with Crippen LogP contribution in [0.3, 0.4) is 0 Å². The highest BCUT2D eigenvalue weighted by Gasteiger charge is 2.58. The van der Waals surface area contributed by atoms with Crippen molar-refractivity contribution in [1.82, 2.24) is 14.7 Å². The lowest BCUT2D eigenvalue weighted by Gasteiger charge is -2.31. The lowest BCUT2D eigenvalue weighted by molar-refractivity contribution is -0.140. The largest absolute Gasteiger partial charge is 0.497 e. The molecule has 148 valence electrons. The van der Waals surface area contributed by atoms with Gasteiger partial charge in [-0.15, -0.1) is 0 Å². The van der Waals surface area contributed by atoms with Crippen LogP contribution in [0.15, 0.2) is 24.3 Å². The summed E-state index contributed by atoms with van der Waals surface area (Å²) in [5.74, 6) is 1.23. The molecule has 2 aliphatic heterocycles. The van der Waals surface area contributed by atoms with E-state index in [0.717, 1.165) is 24.4 Å². The van der Waals surface area contributed by atoms with Crippen LogP contribution < -0.4 is 4.74 Å². The minimum absolute atomic E-state index is 0.0941. The van der Waals surface area contributed by atoms with E-state index in [1.54, 1.807) is 12.0 Å². The van der Waals surface area contributed by atoms with Gasteiger partial charge in [0.1, 0.15) is 5.75 Å². The number of carbonyl (C=O) groups excluding carboxylic acids is 2. The molecule has 0 spiro atoms. The molecule has 0 unspecified atom stereocenters. The van der Waals surface area contributed by atoms with Gasteiger partial charge in [-0.2, -0.15) is 0 Å². The maximum atomic E-state index is 13.1. The SMILES string of the molecule is COc1ccc(CC(=O)N2C[C@@H]3CN(C(C)C)C[C@]3(C(=O)N(C)C)C2)cc1. The molecule has 1 aromatic rings. The molecule has 2 saturated heterocycles. The standard InChI is InChI=1S/C21H31N3O3/c1-15(2)23-11-17-12-24(14-21(17,13-23)20(26)22(3)4)19(25)10-16-6-8-18(27-5)9-7-16/h6-9,15,17H,10-14H2,1-5H3/t17-,21-/m0/s1. The van der Waals surface area contributed by atoms with Crippen LogP contribution in [0.4, 0.5) is 0 Å². The highest BCUT2D eigenvalue weighted by molar-refractivity contribution is 5.87. The van der Waals surface area contributed by atoms with Gasteiger partial charge in [0.2, 0.25) is 11.8 Å². The van der Waals surface area contributed by atoms with Crippen molar-refractivity contribution in [2.24, 2.45) is 11.3 Å². The first kappa shape index (κ1) is 19.7. The molecule has 2 fully saturated rings. The number of nitrogens with zero attached hydrogens (tertiary/aromatic N) is 3. The summed E-state index contributed by atoms with van der Waals surface area (Å²) in [7, 11) is 5.26. The molecule has 6 nitrogen and oxygen atoms in total. The number of benzene rings is 1. The van der Waals surface area contributed by atoms with E-state index in [9.17, 15) is 9.59 Å². The van der Waals surface area contributed by atoms with Crippen molar-refractivity contribution in [2.75, 3.05) is 47.4 Å². The number of hydrogen-bond acceptors (Lipinski definition) is 4. The van der Waals surface area contributed by atoms with Gasteiger partial charge in [0.25, 0.3) is 0 Å². The molecule has 1 aromatic carbocycles. The van der Waals surface area contributed by atoms with Crippen LogP contribution in [-0.4, -0.2) is 79.9 Å². The Balaban J connectivity index is 1.74. The summed E-state index contributed by atoms with van der Waals surface area (Å²) in [6.45, 7) is 7.13. The summed E-state index contributed by atoms with van der Waals surface area (Å²) in [4.78, 5) is 31.9. The third-order valence-corrected chi connectivity index (χ3v) is 6.06. The lowest BCUT2D eigenvalue weighted by atomic mass is 9.79. The molecule has 3 rings (SSSR count). The molecule has 2 heterocycles. The van der Waals surface area contributed by atoms with Gasteiger partial charge < -0.3 is 14.5 Å². The lowest BCUT2D eigenvalue weighted by Crippen LogP contribution is -2.48. The highest BCUT2D eigenvalue weighted by atomic mass is 16.5. The molecule has 2 atom stereocenters. The smallest absolute Gasteiger partial charge is 0.231 e. The average molecular weight is 373 g/mol. The predicted molar refractivity (Wildman–Crippen MR) is 105 cm³/mol. The summed E-state index contributed by atoms with van der Waals surface area (Å²) in [6, 6.07) is 8.01. The fourth-order valence-corrected chi connectivity index (χ4v) is 4.47. The zero-order valence-electron chi connectivity index (χ0n) is 17.1. The van der Waals surface area contributed by atoms with Crippen LogP contribution in [-0.2, 0) is 16.0 Å². The topological polar surface area (TPSA) is 53.1 Å². The van der Waals surface area contributed by atoms with Crippen molar-refractivity contribution in [3.8, 4) is 5.75 Å². The van der Waals surface area contributed by atoms with Crippen molar-refractivity contribution in [1.29, 1.82) is 0 Å². The molecule has 2 amide bonds. The third-order valence-electron chi connectivity index (χ3n) is 6.06. The first-order chi connectivity index (χ1) is 12.8. The maximum absolute atomic E-state index is 13.1. The minimum atomic E-state index is -0.469. The summed E-state index contributed by atoms with van der Waals surface area (Å²) >= 11 is 0. The number of ether oxygens (including phenoxy) is 1. The van der Waals surface area contributed by atoms with Crippen LogP contribution in [0.2, 0.25) is 0 Å². The van der Waals surface area contributed by atoms with E-state index in [4.69, 9.17) is 4.74 Å². The van der Waals surface area contributed by atoms with E-state index in [0.29, 0.717) is 25.6 Å². The third kappa shape index (κ3) is 3.68. The molecule has 0 bridgehead atoms. The maximum Gasteiger partial charge on any atom is 0.231 e. The highest BCUT2D eigenvalue weighted by Crippen LogP contribution is 2.44. The first-order valence-corrected chi connectivity index (χ1v) is 9.63. The summed E-state index contributed by atoms with van der Waals surface area (Å²) in [5, 5.41) is 0. The van der Waals surface area contributed by atoms with Crippen LogP contribution in [0.25, 0.3) is 0 Å². The molecule has 0 N–H and O–H groups in total. The second kappa shape index (κ2) is 7.50. The van der Waals surface area contributed by atoms with Crippen LogP contribution in [0.1, 0.15) is 19.4 Å². The van der Waals surface area contributed by atoms with Crippen molar-refractivity contribution in [3.63, 3.8) is 0 Å². The zero-order chi connectivity index (χ0) is 19.8. The number of methoxy groups -OCH3 is 1. The fourth-order valence-electron chi connectivity index (χ4n) is 4.47. The van der Waals surface area contributed by atoms with Gasteiger partial charge in [-0.1, -0.05) is 12.1 Å². The molecule has 0 aromatic heterocycles. The quantitative estimate of drug-likeness (QED) is 0.785. The fraction of sp³-hybridized carbons (Fsp3) is 0.619. The second-order valence-electron chi connectivity index (χ2n) is 8.37. The van der Waals surface area contributed by atoms with Gasteiger partial charge in [0.15, 0.2) is 0 Å². The Labute approximate surface area is 162 Å². The van der Waals surface area contributed by atoms with Crippen molar-refractivity contribution in [2.45, 2.75) is 26.3 Å². The summed E-state index contributed by atoms with van der Waals surface area (Å²) in [6.07, 6.45) is 0.358. The number of rotatable bonds is 5. The van der Waals surface area contributed by atoms with E-state index in [1.807, 2.05) is 43.3 Å². The molecular formula is C21H31N3O3. The zero-order valence-corrected chi connectivity index (χ0v) is 17.1. The second-order valence-corrected chi connectivity index (χ2v) is 8.37. The molecule has 2 aliphatic rings. The van der Waals surface area contributed by atoms with Gasteiger partial charge >= 0.3 is 0 Å². The minimum Gasteiger partial charge on any atom is -0.497 e. The molecule has 0 saturated carbocycles. The van der Waals surface area contributed by atoms with E-state index in [-0.39, 0.29) is 17.7 Å². The van der Waals surface area contributed by atoms with E-state index in [1.165, 1.54) is 0 Å². The van der Waals surface area contributed by atoms with Gasteiger partial charge in [-0.05, 0) is 31.5 Å². The summed E-state index contributed by atoms with van der Waals surface area (Å²) in [5.41, 5.74) is 0.498. The van der Waals surface area contributed by atoms with Crippen molar-refractivity contribution >= 4 is 11.8 Å². The van der Waals surface area contributed by atoms with Gasteiger partial charge in [0.05, 0.1) is 18.9 Å². The Morgan fingerprint density at radius 1 is 1.19 bits per heavy atom. The number of likely N-dealkylation sites (tertiary alicyclic amines) is 2. The van der Waals surface area contributed by atoms with Gasteiger partial charge in [-0.3, -0.25) is 14.5 Å². The van der Waals surface area contributed by atoms with E-state index < -0.39 is 5.41 Å². The first-order valence-electron chi connectivity index (χ1n) is 9.63. The van der Waals surface area contributed by atoms with Crippen LogP contribution >= 0.6 is 0 Å². The van der Waals surface area contributed by atoms with Crippen molar-refractivity contribution in [3.05, 3.63) is 29.8 Å². The average Bonchev–Trinajstić information content (AvgIpc) is 3.17. The normalized spacial score (nSPS) is 25.0. The van der Waals surface area contributed by atoms with E-state index in [2.05, 4.69) is 18.7 Å². The molecule has 27 heavy (non-hydrogen) atoms. The molecule has 6 heteroatoms. The Morgan fingerprint density at radius 2 is 1.85 bits per heavy atom. The predicted octanol–water partition coefficient (Wildman–Crippen LogP) is 1.49. The van der Waals surface area contributed by atoms with Gasteiger partial charge in [-0.25, -0.2) is 0 Å². The summed E-state index contributed by atoms with van der Waals surface area (Å²) < 4.78 is 5.17. The van der Waals surface area contributed by atoms with Crippen LogP contribution in [0, 0.1) is 11.3 Å². The molecular weight excluding hydrogens is 342 g/mol. The van der Waals surface area contributed by atoms with E-state index >= 15 is 0 Å². The Hall–Kier alpha value is -2.08. The Bertz CT molecular complexity index is 701. The molecule has 0 radical (unpaired) electrons. The number of fused-ring (bicyclic) bond motifs is 1. The number of hydrogen-bond donors (Lipinski definition) is 0. The van der Waals surface area contributed by atoms with Crippen LogP contribution in [0.5, 0.6) is 5.75 Å². The Morgan fingerprint density at radius 3 is 2.41 bits per heavy atom. The number of carbonyl (C=O) groups is 2. The van der Waals surface area contributed by atoms with Gasteiger partial charge in [0, 0.05) is 52.2 Å². The molecule has 0 aliphatic carbocycles. The monoisotopic (exact) mass is 373 g/mol. The number of amides is 2. The Kier molecular flexibility index (Phi) is 5.47. The van der Waals surface area contributed by atoms with Crippen molar-refractivity contribution < 1.29 is 14.3 Å².